The number of aromatic amines is 1. The minimum absolute atomic E-state index is 0.190. The van der Waals surface area contributed by atoms with Crippen molar-refractivity contribution in [3.05, 3.63) is 70.3 Å². The van der Waals surface area contributed by atoms with E-state index in [4.69, 9.17) is 9.47 Å². The van der Waals surface area contributed by atoms with Gasteiger partial charge in [-0.15, -0.1) is 0 Å². The van der Waals surface area contributed by atoms with E-state index in [1.54, 1.807) is 57.7 Å². The summed E-state index contributed by atoms with van der Waals surface area (Å²) in [4.78, 5) is 33.2. The summed E-state index contributed by atoms with van der Waals surface area (Å²) in [6.45, 7) is 0.190. The molecular weight excluding hydrogens is 358 g/mol. The van der Waals surface area contributed by atoms with Crippen molar-refractivity contribution in [2.75, 3.05) is 21.3 Å². The predicted molar refractivity (Wildman–Crippen MR) is 107 cm³/mol. The highest BCUT2D eigenvalue weighted by Crippen LogP contribution is 2.27. The van der Waals surface area contributed by atoms with Crippen molar-refractivity contribution in [3.8, 4) is 11.5 Å². The van der Waals surface area contributed by atoms with Crippen LogP contribution >= 0.6 is 0 Å². The molecule has 0 atom stereocenters. The van der Waals surface area contributed by atoms with Crippen molar-refractivity contribution in [1.29, 1.82) is 0 Å². The third-order valence-corrected chi connectivity index (χ3v) is 4.25. The molecule has 2 aromatic carbocycles. The molecule has 7 heteroatoms. The topological polar surface area (TPSA) is 84.5 Å². The van der Waals surface area contributed by atoms with Gasteiger partial charge in [0.15, 0.2) is 11.5 Å². The monoisotopic (exact) mass is 379 g/mol. The molecule has 3 rings (SSSR count). The predicted octanol–water partition coefficient (Wildman–Crippen LogP) is 2.61. The van der Waals surface area contributed by atoms with Gasteiger partial charge < -0.3 is 19.4 Å². The molecule has 1 aromatic heterocycles. The highest BCUT2D eigenvalue weighted by atomic mass is 16.5. The minimum atomic E-state index is -0.220. The lowest BCUT2D eigenvalue weighted by Gasteiger charge is -2.14. The maximum absolute atomic E-state index is 12.4. The Hall–Kier alpha value is -3.61. The van der Waals surface area contributed by atoms with E-state index < -0.39 is 0 Å². The van der Waals surface area contributed by atoms with Crippen molar-refractivity contribution in [1.82, 2.24) is 14.9 Å². The molecule has 28 heavy (non-hydrogen) atoms. The van der Waals surface area contributed by atoms with Crippen LogP contribution in [0.2, 0.25) is 0 Å². The summed E-state index contributed by atoms with van der Waals surface area (Å²) in [5.74, 6) is 1.42. The normalized spacial score (nSPS) is 11.0. The second kappa shape index (κ2) is 8.39. The molecule has 0 radical (unpaired) electrons. The van der Waals surface area contributed by atoms with Gasteiger partial charge in [-0.25, -0.2) is 4.98 Å². The molecule has 144 valence electrons. The number of rotatable bonds is 6. The Morgan fingerprint density at radius 2 is 1.89 bits per heavy atom. The fraction of sp³-hybridized carbons (Fsp3) is 0.190. The van der Waals surface area contributed by atoms with Gasteiger partial charge in [-0.05, 0) is 35.9 Å². The van der Waals surface area contributed by atoms with Gasteiger partial charge in [0.1, 0.15) is 5.82 Å². The van der Waals surface area contributed by atoms with Crippen LogP contribution in [0.15, 0.2) is 53.3 Å². The summed E-state index contributed by atoms with van der Waals surface area (Å²) in [6.07, 6.45) is 3.15. The molecule has 0 fully saturated rings. The SMILES string of the molecule is COc1ccc(C=CC(=O)N(C)Cc2nc3ccccc3c(=O)[nH]2)cc1OC. The van der Waals surface area contributed by atoms with E-state index in [-0.39, 0.29) is 18.0 Å². The van der Waals surface area contributed by atoms with Crippen molar-refractivity contribution >= 4 is 22.9 Å². The third kappa shape index (κ3) is 4.20. The highest BCUT2D eigenvalue weighted by Gasteiger charge is 2.10. The van der Waals surface area contributed by atoms with Crippen LogP contribution in [0, 0.1) is 0 Å². The van der Waals surface area contributed by atoms with Gasteiger partial charge >= 0.3 is 0 Å². The van der Waals surface area contributed by atoms with Gasteiger partial charge in [-0.3, -0.25) is 9.59 Å². The number of hydrogen-bond donors (Lipinski definition) is 1. The van der Waals surface area contributed by atoms with Crippen molar-refractivity contribution < 1.29 is 14.3 Å². The van der Waals surface area contributed by atoms with Crippen LogP contribution in [0.3, 0.4) is 0 Å². The number of carbonyl (C=O) groups is 1. The number of nitrogens with one attached hydrogen (secondary N) is 1. The van der Waals surface area contributed by atoms with Gasteiger partial charge in [0, 0.05) is 13.1 Å². The van der Waals surface area contributed by atoms with Gasteiger partial charge in [-0.2, -0.15) is 0 Å². The number of benzene rings is 2. The molecule has 1 amide bonds. The number of fused-ring (bicyclic) bond motifs is 1. The summed E-state index contributed by atoms with van der Waals surface area (Å²) in [6, 6.07) is 12.5. The first-order valence-corrected chi connectivity index (χ1v) is 8.65. The number of H-pyrrole nitrogens is 1. The molecule has 1 heterocycles. The average Bonchev–Trinajstić information content (AvgIpc) is 2.71. The van der Waals surface area contributed by atoms with Crippen LogP contribution in [-0.4, -0.2) is 42.0 Å². The number of methoxy groups -OCH3 is 2. The standard InChI is InChI=1S/C21H21N3O4/c1-24(13-19-22-16-7-5-4-6-15(16)21(26)23-19)20(25)11-9-14-8-10-17(27-2)18(12-14)28-3/h4-12H,13H2,1-3H3,(H,22,23,26). The second-order valence-corrected chi connectivity index (χ2v) is 6.17. The minimum Gasteiger partial charge on any atom is -0.493 e. The van der Waals surface area contributed by atoms with Crippen LogP contribution in [0.25, 0.3) is 17.0 Å². The van der Waals surface area contributed by atoms with E-state index in [9.17, 15) is 9.59 Å². The van der Waals surface area contributed by atoms with Gasteiger partial charge in [0.05, 0.1) is 31.7 Å². The summed E-state index contributed by atoms with van der Waals surface area (Å²) >= 11 is 0. The Bertz CT molecular complexity index is 1090. The van der Waals surface area contributed by atoms with Crippen LogP contribution in [0.1, 0.15) is 11.4 Å². The number of hydrogen-bond acceptors (Lipinski definition) is 5. The van der Waals surface area contributed by atoms with Crippen molar-refractivity contribution in [2.24, 2.45) is 0 Å². The quantitative estimate of drug-likeness (QED) is 0.666. The first-order chi connectivity index (χ1) is 13.5. The molecule has 0 aliphatic carbocycles. The third-order valence-electron chi connectivity index (χ3n) is 4.25. The first kappa shape index (κ1) is 19.2. The number of ether oxygens (including phenoxy) is 2. The first-order valence-electron chi connectivity index (χ1n) is 8.65. The van der Waals surface area contributed by atoms with Crippen LogP contribution in [0.4, 0.5) is 0 Å². The number of likely N-dealkylation sites (N-methyl/N-ethyl adjacent to an activating group) is 1. The van der Waals surface area contributed by atoms with Crippen LogP contribution in [0.5, 0.6) is 11.5 Å². The van der Waals surface area contributed by atoms with E-state index in [2.05, 4.69) is 9.97 Å². The Morgan fingerprint density at radius 3 is 2.64 bits per heavy atom. The lowest BCUT2D eigenvalue weighted by Crippen LogP contribution is -2.26. The van der Waals surface area contributed by atoms with E-state index in [1.165, 1.54) is 11.0 Å². The zero-order valence-corrected chi connectivity index (χ0v) is 15.9. The smallest absolute Gasteiger partial charge is 0.258 e. The molecule has 7 nitrogen and oxygen atoms in total. The zero-order valence-electron chi connectivity index (χ0n) is 15.9. The van der Waals surface area contributed by atoms with Crippen molar-refractivity contribution in [2.45, 2.75) is 6.54 Å². The maximum Gasteiger partial charge on any atom is 0.258 e. The van der Waals surface area contributed by atoms with E-state index >= 15 is 0 Å². The fourth-order valence-electron chi connectivity index (χ4n) is 2.76. The lowest BCUT2D eigenvalue weighted by atomic mass is 10.2. The largest absolute Gasteiger partial charge is 0.493 e. The number of carbonyl (C=O) groups excluding carboxylic acids is 1. The van der Waals surface area contributed by atoms with E-state index in [0.717, 1.165) is 5.56 Å². The second-order valence-electron chi connectivity index (χ2n) is 6.17. The van der Waals surface area contributed by atoms with Crippen LogP contribution in [-0.2, 0) is 11.3 Å². The Morgan fingerprint density at radius 1 is 1.14 bits per heavy atom. The molecule has 0 aliphatic rings. The molecule has 3 aromatic rings. The van der Waals surface area contributed by atoms with Crippen LogP contribution < -0.4 is 15.0 Å². The summed E-state index contributed by atoms with van der Waals surface area (Å²) in [5, 5.41) is 0.522. The van der Waals surface area contributed by atoms with E-state index in [1.807, 2.05) is 12.1 Å². The summed E-state index contributed by atoms with van der Waals surface area (Å²) in [5.41, 5.74) is 1.18. The molecule has 0 bridgehead atoms. The molecule has 1 N–H and O–H groups in total. The molecular formula is C21H21N3O4. The number of nitrogens with zero attached hydrogens (tertiary/aromatic N) is 2. The number of aromatic nitrogens is 2. The zero-order chi connectivity index (χ0) is 20.1. The Kier molecular flexibility index (Phi) is 5.74. The van der Waals surface area contributed by atoms with Crippen molar-refractivity contribution in [3.63, 3.8) is 0 Å². The van der Waals surface area contributed by atoms with Gasteiger partial charge in [0.25, 0.3) is 5.56 Å². The molecule has 0 aliphatic heterocycles. The summed E-state index contributed by atoms with van der Waals surface area (Å²) < 4.78 is 10.5. The molecule has 0 spiro atoms. The Balaban J connectivity index is 1.73. The molecule has 0 saturated heterocycles. The molecule has 0 unspecified atom stereocenters. The number of para-hydroxylation sites is 1. The van der Waals surface area contributed by atoms with Gasteiger partial charge in [0.2, 0.25) is 5.91 Å². The lowest BCUT2D eigenvalue weighted by molar-refractivity contribution is -0.125. The molecule has 0 saturated carbocycles. The van der Waals surface area contributed by atoms with E-state index in [0.29, 0.717) is 28.2 Å². The number of amides is 1. The maximum atomic E-state index is 12.4. The Labute approximate surface area is 162 Å². The average molecular weight is 379 g/mol. The van der Waals surface area contributed by atoms with Gasteiger partial charge in [-0.1, -0.05) is 18.2 Å². The fourth-order valence-corrected chi connectivity index (χ4v) is 2.76. The summed E-state index contributed by atoms with van der Waals surface area (Å²) in [7, 11) is 4.77. The highest BCUT2D eigenvalue weighted by molar-refractivity contribution is 5.91.